The van der Waals surface area contributed by atoms with Gasteiger partial charge in [0.2, 0.25) is 5.91 Å². The van der Waals surface area contributed by atoms with Crippen molar-refractivity contribution in [3.8, 4) is 5.75 Å². The maximum absolute atomic E-state index is 14.3. The van der Waals surface area contributed by atoms with Gasteiger partial charge in [0.05, 0.1) is 19.1 Å². The van der Waals surface area contributed by atoms with Crippen molar-refractivity contribution in [3.63, 3.8) is 0 Å². The quantitative estimate of drug-likeness (QED) is 0.581. The molecule has 0 radical (unpaired) electrons. The molecule has 2 aliphatic heterocycles. The van der Waals surface area contributed by atoms with Crippen molar-refractivity contribution in [2.24, 2.45) is 11.7 Å². The number of carbonyl (C=O) groups is 1. The van der Waals surface area contributed by atoms with Gasteiger partial charge in [-0.15, -0.1) is 0 Å². The second-order valence-electron chi connectivity index (χ2n) is 8.18. The molecule has 1 amide bonds. The fraction of sp³-hybridized carbons (Fsp3) is 0.682. The van der Waals surface area contributed by atoms with Gasteiger partial charge in [0.25, 0.3) is 0 Å². The minimum atomic E-state index is -0.396. The summed E-state index contributed by atoms with van der Waals surface area (Å²) in [7, 11) is 1.63. The van der Waals surface area contributed by atoms with Crippen LogP contribution in [0.5, 0.6) is 5.75 Å². The maximum Gasteiger partial charge on any atom is 0.227 e. The molecule has 2 saturated heterocycles. The highest BCUT2D eigenvalue weighted by molar-refractivity contribution is 5.79. The number of benzene rings is 1. The zero-order valence-electron chi connectivity index (χ0n) is 17.4. The molecule has 0 spiro atoms. The number of hydrogen-bond acceptors (Lipinski definition) is 5. The molecule has 2 fully saturated rings. The summed E-state index contributed by atoms with van der Waals surface area (Å²) in [5.41, 5.74) is 6.71. The summed E-state index contributed by atoms with van der Waals surface area (Å²) in [5.74, 6) is 0.659. The normalized spacial score (nSPS) is 19.1. The van der Waals surface area contributed by atoms with Gasteiger partial charge in [0.1, 0.15) is 11.6 Å². The zero-order chi connectivity index (χ0) is 20.6. The van der Waals surface area contributed by atoms with Gasteiger partial charge in [-0.25, -0.2) is 4.39 Å². The summed E-state index contributed by atoms with van der Waals surface area (Å²) >= 11 is 0. The minimum absolute atomic E-state index is 0.0666. The number of rotatable bonds is 10. The molecule has 0 aromatic heterocycles. The van der Waals surface area contributed by atoms with E-state index in [0.717, 1.165) is 45.2 Å². The molecular weight excluding hydrogens is 373 g/mol. The maximum atomic E-state index is 14.3. The van der Waals surface area contributed by atoms with Gasteiger partial charge >= 0.3 is 0 Å². The lowest BCUT2D eigenvalue weighted by molar-refractivity contribution is -0.142. The summed E-state index contributed by atoms with van der Waals surface area (Å²) in [6, 6.07) is 5.01. The van der Waals surface area contributed by atoms with Crippen LogP contribution < -0.4 is 15.8 Å². The SMILES string of the molecule is COC1CN(C(=O)Cc2ccc(OCCCCC(N)C3CCNCC3)cc2F)C1. The number of hydrogen-bond donors (Lipinski definition) is 2. The first-order chi connectivity index (χ1) is 14.1. The van der Waals surface area contributed by atoms with Gasteiger partial charge in [-0.3, -0.25) is 4.79 Å². The number of carbonyl (C=O) groups excluding carboxylic acids is 1. The Kier molecular flexibility index (Phi) is 8.27. The highest BCUT2D eigenvalue weighted by Crippen LogP contribution is 2.21. The van der Waals surface area contributed by atoms with E-state index >= 15 is 0 Å². The number of unbranched alkanes of at least 4 members (excludes halogenated alkanes) is 1. The van der Waals surface area contributed by atoms with Crippen LogP contribution in [0.15, 0.2) is 18.2 Å². The smallest absolute Gasteiger partial charge is 0.227 e. The molecule has 29 heavy (non-hydrogen) atoms. The van der Waals surface area contributed by atoms with E-state index in [-0.39, 0.29) is 24.5 Å². The van der Waals surface area contributed by atoms with Crippen LogP contribution in [0.3, 0.4) is 0 Å². The Bertz CT molecular complexity index is 661. The summed E-state index contributed by atoms with van der Waals surface area (Å²) < 4.78 is 25.2. The van der Waals surface area contributed by atoms with Crippen molar-refractivity contribution in [3.05, 3.63) is 29.6 Å². The molecule has 1 unspecified atom stereocenters. The third-order valence-electron chi connectivity index (χ3n) is 6.09. The standard InChI is InChI=1S/C22H34FN3O3/c1-28-19-14-26(15-19)22(27)12-17-5-6-18(13-20(17)23)29-11-3-2-4-21(24)16-7-9-25-10-8-16/h5-6,13,16,19,21,25H,2-4,7-12,14-15,24H2,1H3. The Balaban J connectivity index is 1.34. The van der Waals surface area contributed by atoms with Gasteiger partial charge < -0.3 is 25.4 Å². The van der Waals surface area contributed by atoms with Crippen molar-refractivity contribution in [1.29, 1.82) is 0 Å². The number of methoxy groups -OCH3 is 1. The molecular formula is C22H34FN3O3. The summed E-state index contributed by atoms with van der Waals surface area (Å²) in [6.07, 6.45) is 5.41. The number of piperidine rings is 1. The second kappa shape index (κ2) is 10.9. The van der Waals surface area contributed by atoms with Crippen molar-refractivity contribution >= 4 is 5.91 Å². The Morgan fingerprint density at radius 1 is 1.31 bits per heavy atom. The van der Waals surface area contributed by atoms with Crippen LogP contribution in [0.25, 0.3) is 0 Å². The molecule has 0 aliphatic carbocycles. The first-order valence-electron chi connectivity index (χ1n) is 10.7. The average molecular weight is 408 g/mol. The molecule has 1 aromatic rings. The number of nitrogens with one attached hydrogen (secondary N) is 1. The first-order valence-corrected chi connectivity index (χ1v) is 10.7. The zero-order valence-corrected chi connectivity index (χ0v) is 17.4. The number of amides is 1. The van der Waals surface area contributed by atoms with E-state index in [1.807, 2.05) is 0 Å². The van der Waals surface area contributed by atoms with Gasteiger partial charge in [-0.1, -0.05) is 6.07 Å². The fourth-order valence-electron chi connectivity index (χ4n) is 4.01. The van der Waals surface area contributed by atoms with Crippen LogP contribution in [0.4, 0.5) is 4.39 Å². The van der Waals surface area contributed by atoms with E-state index in [1.54, 1.807) is 24.1 Å². The molecule has 1 atom stereocenters. The fourth-order valence-corrected chi connectivity index (χ4v) is 4.01. The number of ether oxygens (including phenoxy) is 2. The van der Waals surface area contributed by atoms with Crippen molar-refractivity contribution in [2.45, 2.75) is 50.7 Å². The predicted octanol–water partition coefficient (Wildman–Crippen LogP) is 2.10. The third kappa shape index (κ3) is 6.39. The number of nitrogens with two attached hydrogens (primary N) is 1. The topological polar surface area (TPSA) is 76.8 Å². The lowest BCUT2D eigenvalue weighted by Crippen LogP contribution is -2.54. The molecule has 1 aromatic carbocycles. The van der Waals surface area contributed by atoms with Gasteiger partial charge in [-0.05, 0) is 62.7 Å². The molecule has 0 saturated carbocycles. The van der Waals surface area contributed by atoms with E-state index in [0.29, 0.717) is 36.9 Å². The van der Waals surface area contributed by atoms with E-state index in [1.165, 1.54) is 6.07 Å². The average Bonchev–Trinajstić information content (AvgIpc) is 2.69. The Hall–Kier alpha value is -1.70. The van der Waals surface area contributed by atoms with E-state index in [2.05, 4.69) is 5.32 Å². The number of likely N-dealkylation sites (tertiary alicyclic amines) is 1. The highest BCUT2D eigenvalue weighted by Gasteiger charge is 2.30. The van der Waals surface area contributed by atoms with Crippen LogP contribution in [-0.2, 0) is 16.0 Å². The number of nitrogens with zero attached hydrogens (tertiary/aromatic N) is 1. The van der Waals surface area contributed by atoms with Crippen molar-refractivity contribution in [1.82, 2.24) is 10.2 Å². The summed E-state index contributed by atoms with van der Waals surface area (Å²) in [4.78, 5) is 13.9. The lowest BCUT2D eigenvalue weighted by atomic mass is 9.88. The second-order valence-corrected chi connectivity index (χ2v) is 8.18. The minimum Gasteiger partial charge on any atom is -0.493 e. The molecule has 2 heterocycles. The molecule has 3 rings (SSSR count). The Labute approximate surface area is 172 Å². The molecule has 7 heteroatoms. The largest absolute Gasteiger partial charge is 0.493 e. The van der Waals surface area contributed by atoms with E-state index < -0.39 is 5.82 Å². The van der Waals surface area contributed by atoms with Gasteiger partial charge in [0.15, 0.2) is 0 Å². The van der Waals surface area contributed by atoms with Gasteiger partial charge in [-0.2, -0.15) is 0 Å². The Morgan fingerprint density at radius 3 is 2.76 bits per heavy atom. The lowest BCUT2D eigenvalue weighted by Gasteiger charge is -2.38. The molecule has 0 bridgehead atoms. The van der Waals surface area contributed by atoms with Crippen molar-refractivity contribution < 1.29 is 18.7 Å². The molecule has 6 nitrogen and oxygen atoms in total. The summed E-state index contributed by atoms with van der Waals surface area (Å²) in [6.45, 7) is 3.85. The molecule has 2 aliphatic rings. The highest BCUT2D eigenvalue weighted by atomic mass is 19.1. The predicted molar refractivity (Wildman–Crippen MR) is 110 cm³/mol. The van der Waals surface area contributed by atoms with Crippen LogP contribution in [-0.4, -0.2) is 62.8 Å². The molecule has 3 N–H and O–H groups in total. The van der Waals surface area contributed by atoms with Crippen molar-refractivity contribution in [2.75, 3.05) is 39.9 Å². The monoisotopic (exact) mass is 407 g/mol. The van der Waals surface area contributed by atoms with E-state index in [9.17, 15) is 9.18 Å². The Morgan fingerprint density at radius 2 is 2.07 bits per heavy atom. The first kappa shape index (κ1) is 22.0. The van der Waals surface area contributed by atoms with Gasteiger partial charge in [0, 0.05) is 32.3 Å². The van der Waals surface area contributed by atoms with Crippen LogP contribution in [0.2, 0.25) is 0 Å². The van der Waals surface area contributed by atoms with E-state index in [4.69, 9.17) is 15.2 Å². The van der Waals surface area contributed by atoms with Crippen LogP contribution in [0, 0.1) is 11.7 Å². The van der Waals surface area contributed by atoms with Crippen LogP contribution in [0.1, 0.15) is 37.7 Å². The summed E-state index contributed by atoms with van der Waals surface area (Å²) in [5, 5.41) is 3.37. The number of halogens is 1. The molecule has 162 valence electrons. The third-order valence-corrected chi connectivity index (χ3v) is 6.09. The van der Waals surface area contributed by atoms with Crippen LogP contribution >= 0.6 is 0 Å².